The molecule has 0 saturated heterocycles. The van der Waals surface area contributed by atoms with E-state index < -0.39 is 22.5 Å². The predicted molar refractivity (Wildman–Crippen MR) is 146 cm³/mol. The van der Waals surface area contributed by atoms with Gasteiger partial charge in [0, 0.05) is 10.0 Å². The van der Waals surface area contributed by atoms with E-state index in [1.165, 1.54) is 37.4 Å². The molecule has 37 heavy (non-hydrogen) atoms. The molecular weight excluding hydrogens is 535 g/mol. The summed E-state index contributed by atoms with van der Waals surface area (Å²) in [5.41, 5.74) is 0.386. The van der Waals surface area contributed by atoms with E-state index >= 15 is 0 Å². The normalized spacial score (nSPS) is 11.0. The van der Waals surface area contributed by atoms with Crippen LogP contribution in [0.1, 0.15) is 0 Å². The summed E-state index contributed by atoms with van der Waals surface area (Å²) in [7, 11) is -2.78. The maximum Gasteiger partial charge on any atom is 0.264 e. The molecule has 4 rings (SSSR count). The van der Waals surface area contributed by atoms with Crippen LogP contribution in [-0.2, 0) is 14.8 Å². The van der Waals surface area contributed by atoms with Crippen LogP contribution < -0.4 is 19.1 Å². The molecule has 0 saturated carbocycles. The maximum absolute atomic E-state index is 13.7. The Kier molecular flexibility index (Phi) is 8.23. The van der Waals surface area contributed by atoms with Crippen molar-refractivity contribution in [2.75, 3.05) is 23.3 Å². The molecule has 0 aliphatic rings. The Balaban J connectivity index is 1.69. The number of halogens is 2. The van der Waals surface area contributed by atoms with Crippen molar-refractivity contribution in [2.24, 2.45) is 0 Å². The van der Waals surface area contributed by atoms with Crippen LogP contribution in [-0.4, -0.2) is 28.0 Å². The number of amides is 1. The third kappa shape index (κ3) is 6.35. The standard InChI is InChI=1S/C27H22Cl2N2O5S/c1-35-26-15-13-20(29)17-24(26)31(37(33,34)22-10-6-3-7-11-22)18-27(32)30-23-16-19(28)12-14-25(23)36-21-8-4-2-5-9-21/h2-17H,18H2,1H3,(H,30,32). The van der Waals surface area contributed by atoms with E-state index in [0.29, 0.717) is 16.5 Å². The SMILES string of the molecule is COc1ccc(Cl)cc1N(CC(=O)Nc1cc(Cl)ccc1Oc1ccccc1)S(=O)(=O)c1ccccc1. The van der Waals surface area contributed by atoms with Crippen molar-refractivity contribution >= 4 is 50.5 Å². The summed E-state index contributed by atoms with van der Waals surface area (Å²) in [5, 5.41) is 3.36. The second-order valence-corrected chi connectivity index (χ2v) is 10.5. The number of sulfonamides is 1. The van der Waals surface area contributed by atoms with E-state index in [0.717, 1.165) is 4.31 Å². The number of rotatable bonds is 9. The molecule has 0 aliphatic heterocycles. The quantitative estimate of drug-likeness (QED) is 0.250. The van der Waals surface area contributed by atoms with Gasteiger partial charge < -0.3 is 14.8 Å². The van der Waals surface area contributed by atoms with E-state index in [1.807, 2.05) is 18.2 Å². The first-order chi connectivity index (χ1) is 17.8. The van der Waals surface area contributed by atoms with Gasteiger partial charge in [0.15, 0.2) is 5.75 Å². The summed E-state index contributed by atoms with van der Waals surface area (Å²) in [6.45, 7) is -0.578. The minimum atomic E-state index is -4.18. The van der Waals surface area contributed by atoms with E-state index in [2.05, 4.69) is 5.32 Å². The highest BCUT2D eigenvalue weighted by Gasteiger charge is 2.30. The number of benzene rings is 4. The third-order valence-corrected chi connectivity index (χ3v) is 7.46. The number of hydrogen-bond donors (Lipinski definition) is 1. The molecule has 10 heteroatoms. The zero-order chi connectivity index (χ0) is 26.4. The number of hydrogen-bond acceptors (Lipinski definition) is 5. The molecule has 0 radical (unpaired) electrons. The van der Waals surface area contributed by atoms with Crippen LogP contribution in [0.25, 0.3) is 0 Å². The fourth-order valence-corrected chi connectivity index (χ4v) is 5.28. The topological polar surface area (TPSA) is 84.9 Å². The number of anilines is 2. The molecule has 7 nitrogen and oxygen atoms in total. The summed E-state index contributed by atoms with van der Waals surface area (Å²) < 4.78 is 39.6. The average molecular weight is 557 g/mol. The third-order valence-electron chi connectivity index (χ3n) is 5.21. The second-order valence-electron chi connectivity index (χ2n) is 7.74. The zero-order valence-corrected chi connectivity index (χ0v) is 21.9. The Hall–Kier alpha value is -3.72. The first-order valence-corrected chi connectivity index (χ1v) is 13.2. The molecule has 4 aromatic rings. The van der Waals surface area contributed by atoms with E-state index in [-0.39, 0.29) is 27.0 Å². The van der Waals surface area contributed by atoms with E-state index in [4.69, 9.17) is 32.7 Å². The van der Waals surface area contributed by atoms with Crippen LogP contribution in [0.4, 0.5) is 11.4 Å². The highest BCUT2D eigenvalue weighted by Crippen LogP contribution is 2.36. The number of nitrogens with one attached hydrogen (secondary N) is 1. The lowest BCUT2D eigenvalue weighted by Crippen LogP contribution is -2.38. The molecule has 0 spiro atoms. The van der Waals surface area contributed by atoms with Gasteiger partial charge in [-0.3, -0.25) is 9.10 Å². The van der Waals surface area contributed by atoms with Crippen molar-refractivity contribution < 1.29 is 22.7 Å². The van der Waals surface area contributed by atoms with Gasteiger partial charge in [0.2, 0.25) is 5.91 Å². The number of ether oxygens (including phenoxy) is 2. The van der Waals surface area contributed by atoms with Crippen LogP contribution in [0.2, 0.25) is 10.0 Å². The molecule has 0 aromatic heterocycles. The molecule has 1 amide bonds. The molecule has 0 aliphatic carbocycles. The predicted octanol–water partition coefficient (Wildman–Crippen LogP) is 6.63. The first-order valence-electron chi connectivity index (χ1n) is 11.0. The lowest BCUT2D eigenvalue weighted by molar-refractivity contribution is -0.114. The fraction of sp³-hybridized carbons (Fsp3) is 0.0741. The Bertz CT molecular complexity index is 1500. The first kappa shape index (κ1) is 26.3. The molecule has 0 bridgehead atoms. The Labute approximate surface area is 225 Å². The maximum atomic E-state index is 13.7. The van der Waals surface area contributed by atoms with Gasteiger partial charge in [0.1, 0.15) is 18.0 Å². The highest BCUT2D eigenvalue weighted by molar-refractivity contribution is 7.92. The van der Waals surface area contributed by atoms with Gasteiger partial charge in [-0.2, -0.15) is 0 Å². The second kappa shape index (κ2) is 11.6. The van der Waals surface area contributed by atoms with Crippen LogP contribution in [0, 0.1) is 0 Å². The van der Waals surface area contributed by atoms with Crippen molar-refractivity contribution in [3.05, 3.63) is 107 Å². The van der Waals surface area contributed by atoms with Crippen molar-refractivity contribution in [2.45, 2.75) is 4.90 Å². The Morgan fingerprint density at radius 1 is 0.838 bits per heavy atom. The number of carbonyl (C=O) groups is 1. The van der Waals surface area contributed by atoms with Crippen molar-refractivity contribution in [1.29, 1.82) is 0 Å². The highest BCUT2D eigenvalue weighted by atomic mass is 35.5. The summed E-state index contributed by atoms with van der Waals surface area (Å²) in [5.74, 6) is 0.480. The van der Waals surface area contributed by atoms with Gasteiger partial charge in [-0.1, -0.05) is 59.6 Å². The minimum absolute atomic E-state index is 0.000633. The number of methoxy groups -OCH3 is 1. The molecular formula is C27H22Cl2N2O5S. The molecule has 4 aromatic carbocycles. The van der Waals surface area contributed by atoms with Gasteiger partial charge in [0.05, 0.1) is 23.4 Å². The smallest absolute Gasteiger partial charge is 0.264 e. The van der Waals surface area contributed by atoms with Crippen molar-refractivity contribution in [3.63, 3.8) is 0 Å². The van der Waals surface area contributed by atoms with Gasteiger partial charge in [-0.05, 0) is 60.7 Å². The van der Waals surface area contributed by atoms with Crippen molar-refractivity contribution in [3.8, 4) is 17.2 Å². The number of nitrogens with zero attached hydrogens (tertiary/aromatic N) is 1. The molecule has 190 valence electrons. The summed E-state index contributed by atoms with van der Waals surface area (Å²) >= 11 is 12.4. The average Bonchev–Trinajstić information content (AvgIpc) is 2.90. The summed E-state index contributed by atoms with van der Waals surface area (Å²) in [4.78, 5) is 13.3. The Morgan fingerprint density at radius 3 is 2.08 bits per heavy atom. The summed E-state index contributed by atoms with van der Waals surface area (Å²) in [6, 6.07) is 26.1. The van der Waals surface area contributed by atoms with Crippen LogP contribution in [0.3, 0.4) is 0 Å². The molecule has 1 N–H and O–H groups in total. The van der Waals surface area contributed by atoms with Crippen LogP contribution in [0.5, 0.6) is 17.2 Å². The lowest BCUT2D eigenvalue weighted by atomic mass is 10.2. The summed E-state index contributed by atoms with van der Waals surface area (Å²) in [6.07, 6.45) is 0. The van der Waals surface area contributed by atoms with Crippen molar-refractivity contribution in [1.82, 2.24) is 0 Å². The van der Waals surface area contributed by atoms with Gasteiger partial charge in [0.25, 0.3) is 10.0 Å². The van der Waals surface area contributed by atoms with Gasteiger partial charge in [-0.25, -0.2) is 8.42 Å². The largest absolute Gasteiger partial charge is 0.495 e. The molecule has 0 fully saturated rings. The van der Waals surface area contributed by atoms with Crippen LogP contribution in [0.15, 0.2) is 102 Å². The van der Waals surface area contributed by atoms with E-state index in [1.54, 1.807) is 48.5 Å². The van der Waals surface area contributed by atoms with Gasteiger partial charge in [-0.15, -0.1) is 0 Å². The monoisotopic (exact) mass is 556 g/mol. The van der Waals surface area contributed by atoms with Crippen LogP contribution >= 0.6 is 23.2 Å². The van der Waals surface area contributed by atoms with E-state index in [9.17, 15) is 13.2 Å². The zero-order valence-electron chi connectivity index (χ0n) is 19.6. The molecule has 0 unspecified atom stereocenters. The lowest BCUT2D eigenvalue weighted by Gasteiger charge is -2.26. The Morgan fingerprint density at radius 2 is 1.43 bits per heavy atom. The number of carbonyl (C=O) groups excluding carboxylic acids is 1. The van der Waals surface area contributed by atoms with Gasteiger partial charge >= 0.3 is 0 Å². The molecule has 0 atom stereocenters. The molecule has 0 heterocycles. The fourth-order valence-electron chi connectivity index (χ4n) is 3.50. The number of para-hydroxylation sites is 1. The minimum Gasteiger partial charge on any atom is -0.495 e.